The zero-order valence-corrected chi connectivity index (χ0v) is 11.3. The number of hydrogen-bond donors (Lipinski definition) is 1. The minimum absolute atomic E-state index is 0.333. The summed E-state index contributed by atoms with van der Waals surface area (Å²) >= 11 is 1.41. The van der Waals surface area contributed by atoms with Gasteiger partial charge < -0.3 is 10.5 Å². The fourth-order valence-electron chi connectivity index (χ4n) is 1.59. The second-order valence-electron chi connectivity index (χ2n) is 3.82. The van der Waals surface area contributed by atoms with Crippen LogP contribution in [0.25, 0.3) is 0 Å². The molecule has 0 atom stereocenters. The second-order valence-corrected chi connectivity index (χ2v) is 4.83. The highest BCUT2D eigenvalue weighted by Crippen LogP contribution is 2.34. The van der Waals surface area contributed by atoms with Crippen LogP contribution in [0.2, 0.25) is 0 Å². The van der Waals surface area contributed by atoms with Crippen molar-refractivity contribution < 1.29 is 4.74 Å². The number of nitrogens with zero attached hydrogens (tertiary/aromatic N) is 3. The Labute approximate surface area is 110 Å². The van der Waals surface area contributed by atoms with Gasteiger partial charge in [-0.1, -0.05) is 0 Å². The lowest BCUT2D eigenvalue weighted by atomic mass is 10.3. The summed E-state index contributed by atoms with van der Waals surface area (Å²) in [5.74, 6) is 0.822. The van der Waals surface area contributed by atoms with E-state index in [2.05, 4.69) is 15.0 Å². The molecule has 0 aliphatic carbocycles. The van der Waals surface area contributed by atoms with Crippen LogP contribution in [-0.2, 0) is 0 Å². The van der Waals surface area contributed by atoms with Crippen LogP contribution in [0.4, 0.5) is 5.82 Å². The number of ether oxygens (including phenoxy) is 1. The van der Waals surface area contributed by atoms with Gasteiger partial charge in [0.2, 0.25) is 0 Å². The summed E-state index contributed by atoms with van der Waals surface area (Å²) in [6, 6.07) is 4.02. The molecule has 0 aromatic carbocycles. The fraction of sp³-hybridized carbons (Fsp3) is 0.250. The molecule has 5 nitrogen and oxygen atoms in total. The minimum Gasteiger partial charge on any atom is -0.490 e. The molecule has 0 saturated carbocycles. The molecule has 0 aliphatic rings. The Morgan fingerprint density at radius 2 is 2.00 bits per heavy atom. The first kappa shape index (κ1) is 12.6. The third-order valence-corrected chi connectivity index (χ3v) is 3.18. The van der Waals surface area contributed by atoms with E-state index in [-0.39, 0.29) is 0 Å². The average molecular weight is 262 g/mol. The van der Waals surface area contributed by atoms with Gasteiger partial charge in [0, 0.05) is 5.69 Å². The molecule has 18 heavy (non-hydrogen) atoms. The molecule has 0 aliphatic heterocycles. The largest absolute Gasteiger partial charge is 0.490 e. The Hall–Kier alpha value is -1.82. The molecule has 2 heterocycles. The van der Waals surface area contributed by atoms with E-state index in [1.807, 2.05) is 26.0 Å². The highest BCUT2D eigenvalue weighted by atomic mass is 32.2. The molecule has 0 fully saturated rings. The van der Waals surface area contributed by atoms with E-state index in [0.717, 1.165) is 16.3 Å². The maximum atomic E-state index is 5.74. The van der Waals surface area contributed by atoms with Gasteiger partial charge in [-0.2, -0.15) is 0 Å². The van der Waals surface area contributed by atoms with Gasteiger partial charge in [0.15, 0.2) is 11.6 Å². The highest BCUT2D eigenvalue weighted by Gasteiger charge is 2.12. The van der Waals surface area contributed by atoms with Gasteiger partial charge in [0.1, 0.15) is 16.4 Å². The summed E-state index contributed by atoms with van der Waals surface area (Å²) in [5.41, 5.74) is 7.86. The first-order chi connectivity index (χ1) is 8.60. The molecule has 2 N–H and O–H groups in total. The Morgan fingerprint density at radius 1 is 1.22 bits per heavy atom. The van der Waals surface area contributed by atoms with Gasteiger partial charge >= 0.3 is 0 Å². The van der Waals surface area contributed by atoms with Gasteiger partial charge in [0.25, 0.3) is 0 Å². The predicted molar refractivity (Wildman–Crippen MR) is 70.8 cm³/mol. The number of aromatic nitrogens is 3. The zero-order chi connectivity index (χ0) is 13.1. The second kappa shape index (κ2) is 5.22. The number of pyridine rings is 1. The van der Waals surface area contributed by atoms with E-state index < -0.39 is 0 Å². The first-order valence-corrected chi connectivity index (χ1v) is 6.19. The molecule has 0 amide bonds. The molecule has 2 aromatic rings. The zero-order valence-electron chi connectivity index (χ0n) is 10.5. The smallest absolute Gasteiger partial charge is 0.193 e. The van der Waals surface area contributed by atoms with E-state index in [1.54, 1.807) is 7.11 Å². The van der Waals surface area contributed by atoms with E-state index in [4.69, 9.17) is 10.5 Å². The third-order valence-electron chi connectivity index (χ3n) is 2.28. The van der Waals surface area contributed by atoms with Crippen molar-refractivity contribution in [2.45, 2.75) is 23.9 Å². The lowest BCUT2D eigenvalue weighted by molar-refractivity contribution is 0.401. The van der Waals surface area contributed by atoms with Gasteiger partial charge in [-0.3, -0.25) is 0 Å². The van der Waals surface area contributed by atoms with Crippen molar-refractivity contribution in [3.05, 3.63) is 29.7 Å². The number of nitrogens with two attached hydrogens (primary N) is 1. The van der Waals surface area contributed by atoms with Crippen molar-refractivity contribution in [2.75, 3.05) is 12.8 Å². The van der Waals surface area contributed by atoms with Crippen molar-refractivity contribution in [2.24, 2.45) is 0 Å². The van der Waals surface area contributed by atoms with Crippen LogP contribution in [0.1, 0.15) is 11.3 Å². The van der Waals surface area contributed by atoms with Crippen molar-refractivity contribution in [1.82, 2.24) is 15.0 Å². The molecule has 0 saturated heterocycles. The van der Waals surface area contributed by atoms with E-state index >= 15 is 0 Å². The van der Waals surface area contributed by atoms with Crippen LogP contribution in [0.15, 0.2) is 28.5 Å². The van der Waals surface area contributed by atoms with Crippen LogP contribution < -0.4 is 10.5 Å². The monoisotopic (exact) mass is 262 g/mol. The van der Waals surface area contributed by atoms with Crippen molar-refractivity contribution in [3.8, 4) is 5.75 Å². The van der Waals surface area contributed by atoms with E-state index in [0.29, 0.717) is 16.6 Å². The summed E-state index contributed by atoms with van der Waals surface area (Å²) in [6.07, 6.45) is 1.42. The highest BCUT2D eigenvalue weighted by molar-refractivity contribution is 7.99. The summed E-state index contributed by atoms with van der Waals surface area (Å²) < 4.78 is 5.21. The molecular weight excluding hydrogens is 248 g/mol. The molecule has 0 bridgehead atoms. The molecule has 0 radical (unpaired) electrons. The Balaban J connectivity index is 2.36. The normalized spacial score (nSPS) is 10.4. The van der Waals surface area contributed by atoms with Crippen LogP contribution >= 0.6 is 11.8 Å². The van der Waals surface area contributed by atoms with Crippen LogP contribution in [0.3, 0.4) is 0 Å². The Bertz CT molecular complexity index is 554. The molecule has 0 unspecified atom stereocenters. The number of nitrogen functional groups attached to an aromatic ring is 1. The fourth-order valence-corrected chi connectivity index (χ4v) is 2.60. The summed E-state index contributed by atoms with van der Waals surface area (Å²) in [6.45, 7) is 3.99. The topological polar surface area (TPSA) is 73.9 Å². The summed E-state index contributed by atoms with van der Waals surface area (Å²) in [7, 11) is 1.55. The van der Waals surface area contributed by atoms with Crippen molar-refractivity contribution in [3.63, 3.8) is 0 Å². The van der Waals surface area contributed by atoms with Crippen molar-refractivity contribution >= 4 is 17.6 Å². The predicted octanol–water partition coefficient (Wildman–Crippen LogP) is 2.23. The lowest BCUT2D eigenvalue weighted by Gasteiger charge is -2.08. The molecule has 6 heteroatoms. The molecule has 2 rings (SSSR count). The van der Waals surface area contributed by atoms with Gasteiger partial charge in [-0.25, -0.2) is 15.0 Å². The Kier molecular flexibility index (Phi) is 3.66. The quantitative estimate of drug-likeness (QED) is 0.855. The van der Waals surface area contributed by atoms with E-state index in [9.17, 15) is 0 Å². The number of aryl methyl sites for hydroxylation is 2. The number of methoxy groups -OCH3 is 1. The van der Waals surface area contributed by atoms with Gasteiger partial charge in [-0.15, -0.1) is 0 Å². The number of rotatable bonds is 3. The third kappa shape index (κ3) is 2.70. The standard InChI is InChI=1S/C12H14N4OS/c1-7-4-8(2)16-9(5-7)18-12-10(17-3)11(13)14-6-15-12/h4-6H,1-3H3,(H2,13,14,15). The van der Waals surface area contributed by atoms with Gasteiger partial charge in [0.05, 0.1) is 7.11 Å². The van der Waals surface area contributed by atoms with E-state index in [1.165, 1.54) is 18.1 Å². The molecule has 94 valence electrons. The number of hydrogen-bond acceptors (Lipinski definition) is 6. The molecular formula is C12H14N4OS. The lowest BCUT2D eigenvalue weighted by Crippen LogP contribution is -1.99. The van der Waals surface area contributed by atoms with Crippen molar-refractivity contribution in [1.29, 1.82) is 0 Å². The summed E-state index contributed by atoms with van der Waals surface area (Å²) in [5, 5.41) is 1.53. The summed E-state index contributed by atoms with van der Waals surface area (Å²) in [4.78, 5) is 12.5. The van der Waals surface area contributed by atoms with Crippen LogP contribution in [0, 0.1) is 13.8 Å². The maximum Gasteiger partial charge on any atom is 0.193 e. The molecule has 2 aromatic heterocycles. The van der Waals surface area contributed by atoms with Crippen LogP contribution in [-0.4, -0.2) is 22.1 Å². The average Bonchev–Trinajstić information content (AvgIpc) is 2.27. The minimum atomic E-state index is 0.333. The Morgan fingerprint density at radius 3 is 2.67 bits per heavy atom. The SMILES string of the molecule is COc1c(N)ncnc1Sc1cc(C)cc(C)n1. The first-order valence-electron chi connectivity index (χ1n) is 5.37. The van der Waals surface area contributed by atoms with Crippen LogP contribution in [0.5, 0.6) is 5.75 Å². The molecule has 0 spiro atoms. The number of anilines is 1. The maximum absolute atomic E-state index is 5.74. The van der Waals surface area contributed by atoms with Gasteiger partial charge in [-0.05, 0) is 43.3 Å².